The minimum atomic E-state index is -3.45. The molecule has 0 spiro atoms. The topological polar surface area (TPSA) is 74.8 Å². The van der Waals surface area contributed by atoms with Crippen LogP contribution in [0.5, 0.6) is 0 Å². The van der Waals surface area contributed by atoms with Crippen molar-refractivity contribution in [2.24, 2.45) is 0 Å². The molecule has 1 heterocycles. The van der Waals surface area contributed by atoms with Gasteiger partial charge < -0.3 is 4.98 Å². The SMILES string of the molecule is Cc1ccc(CS(=O)(=O)Nc2ccc(-c3nc[nH]c3C)cc2)cc1. The van der Waals surface area contributed by atoms with Crippen molar-refractivity contribution in [3.8, 4) is 11.3 Å². The van der Waals surface area contributed by atoms with Gasteiger partial charge in [0.25, 0.3) is 0 Å². The number of anilines is 1. The fourth-order valence-corrected chi connectivity index (χ4v) is 3.66. The lowest BCUT2D eigenvalue weighted by Crippen LogP contribution is -2.15. The first-order chi connectivity index (χ1) is 11.4. The Morgan fingerprint density at radius 1 is 1.00 bits per heavy atom. The van der Waals surface area contributed by atoms with Crippen LogP contribution < -0.4 is 4.72 Å². The number of imidazole rings is 1. The summed E-state index contributed by atoms with van der Waals surface area (Å²) in [5.41, 5.74) is 5.19. The van der Waals surface area contributed by atoms with E-state index in [1.54, 1.807) is 18.5 Å². The summed E-state index contributed by atoms with van der Waals surface area (Å²) in [5, 5.41) is 0. The molecule has 3 aromatic rings. The van der Waals surface area contributed by atoms with Crippen molar-refractivity contribution in [3.05, 3.63) is 71.7 Å². The molecule has 2 N–H and O–H groups in total. The molecular formula is C18H19N3O2S. The summed E-state index contributed by atoms with van der Waals surface area (Å²) >= 11 is 0. The largest absolute Gasteiger partial charge is 0.348 e. The van der Waals surface area contributed by atoms with E-state index in [-0.39, 0.29) is 5.75 Å². The van der Waals surface area contributed by atoms with Gasteiger partial charge in [-0.2, -0.15) is 0 Å². The molecule has 0 aliphatic rings. The number of sulfonamides is 1. The second kappa shape index (κ2) is 6.49. The predicted molar refractivity (Wildman–Crippen MR) is 96.2 cm³/mol. The van der Waals surface area contributed by atoms with Gasteiger partial charge in [-0.15, -0.1) is 0 Å². The van der Waals surface area contributed by atoms with E-state index < -0.39 is 10.0 Å². The molecule has 0 atom stereocenters. The Balaban J connectivity index is 1.73. The molecular weight excluding hydrogens is 322 g/mol. The number of H-pyrrole nitrogens is 1. The number of rotatable bonds is 5. The van der Waals surface area contributed by atoms with E-state index in [4.69, 9.17) is 0 Å². The van der Waals surface area contributed by atoms with Gasteiger partial charge in [0.05, 0.1) is 17.8 Å². The maximum atomic E-state index is 12.3. The Kier molecular flexibility index (Phi) is 4.40. The summed E-state index contributed by atoms with van der Waals surface area (Å²) in [6, 6.07) is 14.7. The van der Waals surface area contributed by atoms with Crippen LogP contribution in [0.25, 0.3) is 11.3 Å². The Labute approximate surface area is 141 Å². The number of nitrogens with one attached hydrogen (secondary N) is 2. The van der Waals surface area contributed by atoms with Crippen LogP contribution in [-0.2, 0) is 15.8 Å². The van der Waals surface area contributed by atoms with Gasteiger partial charge in [0.15, 0.2) is 0 Å². The maximum Gasteiger partial charge on any atom is 0.236 e. The lowest BCUT2D eigenvalue weighted by atomic mass is 10.1. The first kappa shape index (κ1) is 16.3. The number of hydrogen-bond donors (Lipinski definition) is 2. The summed E-state index contributed by atoms with van der Waals surface area (Å²) in [4.78, 5) is 7.29. The van der Waals surface area contributed by atoms with Crippen molar-refractivity contribution in [3.63, 3.8) is 0 Å². The Morgan fingerprint density at radius 3 is 2.25 bits per heavy atom. The molecule has 0 saturated heterocycles. The summed E-state index contributed by atoms with van der Waals surface area (Å²) in [6.07, 6.45) is 1.64. The fraction of sp³-hybridized carbons (Fsp3) is 0.167. The van der Waals surface area contributed by atoms with E-state index in [0.29, 0.717) is 5.69 Å². The van der Waals surface area contributed by atoms with Gasteiger partial charge >= 0.3 is 0 Å². The highest BCUT2D eigenvalue weighted by atomic mass is 32.2. The van der Waals surface area contributed by atoms with Crippen LogP contribution in [0.15, 0.2) is 54.9 Å². The van der Waals surface area contributed by atoms with Crippen LogP contribution in [0.2, 0.25) is 0 Å². The number of hydrogen-bond acceptors (Lipinski definition) is 3. The molecule has 0 fully saturated rings. The zero-order valence-corrected chi connectivity index (χ0v) is 14.4. The van der Waals surface area contributed by atoms with Crippen molar-refractivity contribution < 1.29 is 8.42 Å². The molecule has 3 rings (SSSR count). The summed E-state index contributed by atoms with van der Waals surface area (Å²) in [5.74, 6) is -0.0481. The summed E-state index contributed by atoms with van der Waals surface area (Å²) in [7, 11) is -3.45. The van der Waals surface area contributed by atoms with Crippen LogP contribution in [0, 0.1) is 13.8 Å². The van der Waals surface area contributed by atoms with Crippen molar-refractivity contribution >= 4 is 15.7 Å². The van der Waals surface area contributed by atoms with Gasteiger partial charge in [0, 0.05) is 16.9 Å². The third kappa shape index (κ3) is 3.83. The molecule has 0 aliphatic heterocycles. The first-order valence-corrected chi connectivity index (χ1v) is 9.25. The monoisotopic (exact) mass is 341 g/mol. The Morgan fingerprint density at radius 2 is 1.67 bits per heavy atom. The second-order valence-corrected chi connectivity index (χ2v) is 7.52. The molecule has 0 bridgehead atoms. The van der Waals surface area contributed by atoms with Crippen LogP contribution in [-0.4, -0.2) is 18.4 Å². The number of aromatic nitrogens is 2. The van der Waals surface area contributed by atoms with Crippen LogP contribution in [0.3, 0.4) is 0 Å². The third-order valence-corrected chi connectivity index (χ3v) is 5.00. The quantitative estimate of drug-likeness (QED) is 0.744. The highest BCUT2D eigenvalue weighted by molar-refractivity contribution is 7.91. The van der Waals surface area contributed by atoms with Gasteiger partial charge in [0.2, 0.25) is 10.0 Å². The van der Waals surface area contributed by atoms with E-state index in [2.05, 4.69) is 14.7 Å². The Hall–Kier alpha value is -2.60. The molecule has 1 aromatic heterocycles. The first-order valence-electron chi connectivity index (χ1n) is 7.59. The molecule has 24 heavy (non-hydrogen) atoms. The molecule has 5 nitrogen and oxygen atoms in total. The maximum absolute atomic E-state index is 12.3. The van der Waals surface area contributed by atoms with E-state index in [9.17, 15) is 8.42 Å². The molecule has 124 valence electrons. The lowest BCUT2D eigenvalue weighted by Gasteiger charge is -2.09. The molecule has 0 radical (unpaired) electrons. The van der Waals surface area contributed by atoms with Gasteiger partial charge in [-0.05, 0) is 31.5 Å². The number of aromatic amines is 1. The van der Waals surface area contributed by atoms with Crippen LogP contribution >= 0.6 is 0 Å². The lowest BCUT2D eigenvalue weighted by molar-refractivity contribution is 0.600. The van der Waals surface area contributed by atoms with Crippen LogP contribution in [0.4, 0.5) is 5.69 Å². The number of aryl methyl sites for hydroxylation is 2. The van der Waals surface area contributed by atoms with Crippen molar-refractivity contribution in [2.75, 3.05) is 4.72 Å². The van der Waals surface area contributed by atoms with Crippen molar-refractivity contribution in [2.45, 2.75) is 19.6 Å². The zero-order valence-electron chi connectivity index (χ0n) is 13.6. The van der Waals surface area contributed by atoms with Gasteiger partial charge in [-0.1, -0.05) is 42.0 Å². The van der Waals surface area contributed by atoms with Gasteiger partial charge in [-0.3, -0.25) is 4.72 Å². The van der Waals surface area contributed by atoms with Crippen molar-refractivity contribution in [1.82, 2.24) is 9.97 Å². The fourth-order valence-electron chi connectivity index (χ4n) is 2.47. The summed E-state index contributed by atoms with van der Waals surface area (Å²) < 4.78 is 27.2. The molecule has 0 saturated carbocycles. The van der Waals surface area contributed by atoms with Gasteiger partial charge in [0.1, 0.15) is 0 Å². The molecule has 2 aromatic carbocycles. The van der Waals surface area contributed by atoms with E-state index in [1.165, 1.54) is 0 Å². The normalized spacial score (nSPS) is 11.4. The number of nitrogens with zero attached hydrogens (tertiary/aromatic N) is 1. The van der Waals surface area contributed by atoms with Gasteiger partial charge in [-0.25, -0.2) is 13.4 Å². The minimum absolute atomic E-state index is 0.0481. The predicted octanol–water partition coefficient (Wildman–Crippen LogP) is 3.64. The standard InChI is InChI=1S/C18H19N3O2S/c1-13-3-5-15(6-4-13)11-24(22,23)21-17-9-7-16(8-10-17)18-14(2)19-12-20-18/h3-10,12,21H,11H2,1-2H3,(H,19,20). The highest BCUT2D eigenvalue weighted by Gasteiger charge is 2.12. The second-order valence-electron chi connectivity index (χ2n) is 5.80. The summed E-state index contributed by atoms with van der Waals surface area (Å²) in [6.45, 7) is 3.92. The average molecular weight is 341 g/mol. The Bertz CT molecular complexity index is 927. The third-order valence-electron chi connectivity index (χ3n) is 3.74. The van der Waals surface area contributed by atoms with E-state index in [0.717, 1.165) is 28.1 Å². The van der Waals surface area contributed by atoms with Crippen molar-refractivity contribution in [1.29, 1.82) is 0 Å². The zero-order chi connectivity index (χ0) is 17.2. The van der Waals surface area contributed by atoms with E-state index in [1.807, 2.05) is 50.2 Å². The molecule has 6 heteroatoms. The molecule has 0 amide bonds. The number of benzene rings is 2. The minimum Gasteiger partial charge on any atom is -0.348 e. The molecule has 0 unspecified atom stereocenters. The van der Waals surface area contributed by atoms with E-state index >= 15 is 0 Å². The average Bonchev–Trinajstić information content (AvgIpc) is 2.96. The smallest absolute Gasteiger partial charge is 0.236 e. The van der Waals surface area contributed by atoms with Crippen LogP contribution in [0.1, 0.15) is 16.8 Å². The highest BCUT2D eigenvalue weighted by Crippen LogP contribution is 2.22. The molecule has 0 aliphatic carbocycles.